The van der Waals surface area contributed by atoms with Gasteiger partial charge < -0.3 is 0 Å². The first-order valence-corrected chi connectivity index (χ1v) is 17.9. The minimum absolute atomic E-state index is 0.163. The van der Waals surface area contributed by atoms with Gasteiger partial charge in [-0.3, -0.25) is 0 Å². The van der Waals surface area contributed by atoms with Crippen LogP contribution >= 0.6 is 6.04 Å². The number of allylic oxidation sites excluding steroid dienone is 5. The predicted molar refractivity (Wildman–Crippen MR) is 156 cm³/mol. The third kappa shape index (κ3) is 2.21. The van der Waals surface area contributed by atoms with E-state index in [9.17, 15) is 0 Å². The minimum atomic E-state index is -1.78. The number of fused-ring (bicyclic) bond motifs is 10. The lowest BCUT2D eigenvalue weighted by Crippen LogP contribution is -2.63. The van der Waals surface area contributed by atoms with E-state index in [1.807, 2.05) is 0 Å². The van der Waals surface area contributed by atoms with Crippen LogP contribution < -0.4 is 0 Å². The maximum Gasteiger partial charge on any atom is 0.0216 e. The molecular weight excluding hydrogens is 483 g/mol. The second-order valence-corrected chi connectivity index (χ2v) is 18.8. The summed E-state index contributed by atoms with van der Waals surface area (Å²) < 4.78 is 0. The fourth-order valence-corrected chi connectivity index (χ4v) is 20.7. The zero-order chi connectivity index (χ0) is 24.1. The van der Waals surface area contributed by atoms with Crippen LogP contribution in [0.15, 0.2) is 91.0 Å². The van der Waals surface area contributed by atoms with Crippen molar-refractivity contribution in [2.45, 2.75) is 42.4 Å². The Balaban J connectivity index is 1.31. The molecule has 6 aliphatic carbocycles. The summed E-state index contributed by atoms with van der Waals surface area (Å²) in [5.74, 6) is 8.32. The molecule has 0 amide bonds. The molecule has 37 heavy (non-hydrogen) atoms. The Bertz CT molecular complexity index is 1450. The van der Waals surface area contributed by atoms with E-state index < -0.39 is 6.04 Å². The summed E-state index contributed by atoms with van der Waals surface area (Å²) in [6.07, 6.45) is 18.8. The van der Waals surface area contributed by atoms with Crippen LogP contribution in [0.25, 0.3) is 5.31 Å². The van der Waals surface area contributed by atoms with E-state index in [1.165, 1.54) is 31.2 Å². The van der Waals surface area contributed by atoms with Crippen molar-refractivity contribution in [3.8, 4) is 0 Å². The molecular formula is C35H35PS. The van der Waals surface area contributed by atoms with Gasteiger partial charge in [0.25, 0.3) is 0 Å². The third-order valence-electron chi connectivity index (χ3n) is 13.3. The van der Waals surface area contributed by atoms with Crippen LogP contribution in [0.5, 0.6) is 0 Å². The molecule has 0 spiro atoms. The molecule has 2 aromatic carbocycles. The van der Waals surface area contributed by atoms with Crippen LogP contribution in [0, 0.1) is 59.2 Å². The zero-order valence-corrected chi connectivity index (χ0v) is 23.0. The second kappa shape index (κ2) is 6.89. The van der Waals surface area contributed by atoms with Crippen molar-refractivity contribution in [2.24, 2.45) is 59.2 Å². The average molecular weight is 519 g/mol. The molecule has 0 radical (unpaired) electrons. The molecule has 11 rings (SSSR count). The Hall–Kier alpha value is -1.69. The first kappa shape index (κ1) is 21.2. The monoisotopic (exact) mass is 518 g/mol. The summed E-state index contributed by atoms with van der Waals surface area (Å²) in [5.41, 5.74) is 4.78. The van der Waals surface area contributed by atoms with Gasteiger partial charge in [-0.2, -0.15) is 0 Å². The van der Waals surface area contributed by atoms with Crippen molar-refractivity contribution < 1.29 is 0 Å². The fraction of sp³-hybridized carbons (Fsp3) is 0.486. The quantitative estimate of drug-likeness (QED) is 0.286. The SMILES string of the molecule is S=P12C(c3ccccc3)=C[C@](c3ccccc3)([C@@H]3[C@@H]4C[C@@H]([C@@H]5C=CC[C@@H]54)[C@@H]31)[C@H]1[C@H]3C[C@H]([C@H]4CC=C[C@H]43)[C@H]12. The van der Waals surface area contributed by atoms with Crippen molar-refractivity contribution >= 4 is 23.2 Å². The molecule has 1 saturated heterocycles. The minimum Gasteiger partial charge on any atom is -0.0919 e. The molecule has 6 bridgehead atoms. The Morgan fingerprint density at radius 2 is 1.24 bits per heavy atom. The lowest BCUT2D eigenvalue weighted by Gasteiger charge is -2.68. The predicted octanol–water partition coefficient (Wildman–Crippen LogP) is 8.13. The Morgan fingerprint density at radius 1 is 0.649 bits per heavy atom. The van der Waals surface area contributed by atoms with Crippen LogP contribution in [-0.4, -0.2) is 11.3 Å². The Labute approximate surface area is 226 Å². The highest BCUT2D eigenvalue weighted by Gasteiger charge is 2.79. The lowest BCUT2D eigenvalue weighted by atomic mass is 9.50. The summed E-state index contributed by atoms with van der Waals surface area (Å²) in [6, 6.07) is 21.7. The van der Waals surface area contributed by atoms with Gasteiger partial charge in [-0.25, -0.2) is 0 Å². The summed E-state index contributed by atoms with van der Waals surface area (Å²) in [5, 5.41) is 1.66. The topological polar surface area (TPSA) is 0 Å². The molecule has 14 atom stereocenters. The average Bonchev–Trinajstić information content (AvgIpc) is 3.76. The van der Waals surface area contributed by atoms with Gasteiger partial charge in [0.15, 0.2) is 0 Å². The Morgan fingerprint density at radius 3 is 2.00 bits per heavy atom. The van der Waals surface area contributed by atoms with Crippen molar-refractivity contribution in [1.82, 2.24) is 0 Å². The standard InChI is InChI=1S/C35H35PS/c37-36-30(20-9-3-1-4-10-20)19-35(21-11-5-2-6-12-21,31-26-17-28(33(31)36)24-15-7-13-22(24)26)32-27-18-29(34(32)36)25-16-8-14-23(25)27/h1-13,16,19,22-29,31-34H,14-15,17-18H2/t22-,23+,24+,25-,26+,27-,28-,29+,31+,32-,33-,34+,35-,36?/m1/s1. The molecule has 3 aliphatic heterocycles. The second-order valence-electron chi connectivity index (χ2n) is 13.9. The molecule has 4 saturated carbocycles. The Kier molecular flexibility index (Phi) is 3.94. The van der Waals surface area contributed by atoms with Gasteiger partial charge in [0, 0.05) is 5.41 Å². The van der Waals surface area contributed by atoms with Crippen molar-refractivity contribution in [3.05, 3.63) is 102 Å². The van der Waals surface area contributed by atoms with Gasteiger partial charge in [-0.1, -0.05) is 103 Å². The maximum absolute atomic E-state index is 7.42. The molecule has 0 N–H and O–H groups in total. The van der Waals surface area contributed by atoms with Gasteiger partial charge in [-0.05, 0) is 119 Å². The van der Waals surface area contributed by atoms with Gasteiger partial charge >= 0.3 is 0 Å². The fourth-order valence-electron chi connectivity index (χ4n) is 12.8. The first-order valence-electron chi connectivity index (χ1n) is 15.0. The largest absolute Gasteiger partial charge is 0.0919 e. The van der Waals surface area contributed by atoms with Crippen LogP contribution in [0.1, 0.15) is 36.8 Å². The van der Waals surface area contributed by atoms with E-state index in [4.69, 9.17) is 11.8 Å². The molecule has 2 heteroatoms. The molecule has 5 fully saturated rings. The van der Waals surface area contributed by atoms with Crippen LogP contribution in [0.4, 0.5) is 0 Å². The van der Waals surface area contributed by atoms with E-state index in [-0.39, 0.29) is 5.41 Å². The number of benzene rings is 2. The first-order chi connectivity index (χ1) is 18.2. The summed E-state index contributed by atoms with van der Waals surface area (Å²) in [6.45, 7) is 0. The highest BCUT2D eigenvalue weighted by atomic mass is 32.4. The zero-order valence-electron chi connectivity index (χ0n) is 21.3. The van der Waals surface area contributed by atoms with E-state index >= 15 is 0 Å². The van der Waals surface area contributed by atoms with Gasteiger partial charge in [-0.15, -0.1) is 0 Å². The van der Waals surface area contributed by atoms with E-state index in [0.717, 1.165) is 70.5 Å². The van der Waals surface area contributed by atoms with Crippen LogP contribution in [-0.2, 0) is 17.2 Å². The van der Waals surface area contributed by atoms with Crippen LogP contribution in [0.2, 0.25) is 0 Å². The molecule has 3 heterocycles. The number of rotatable bonds is 2. The van der Waals surface area contributed by atoms with E-state index in [0.29, 0.717) is 0 Å². The third-order valence-corrected chi connectivity index (χ3v) is 19.7. The van der Waals surface area contributed by atoms with Gasteiger partial charge in [0.1, 0.15) is 0 Å². The summed E-state index contributed by atoms with van der Waals surface area (Å²) >= 11 is 7.42. The van der Waals surface area contributed by atoms with Gasteiger partial charge in [0.05, 0.1) is 0 Å². The van der Waals surface area contributed by atoms with Crippen molar-refractivity contribution in [1.29, 1.82) is 0 Å². The van der Waals surface area contributed by atoms with Gasteiger partial charge in [0.2, 0.25) is 0 Å². The normalized spacial score (nSPS) is 54.3. The van der Waals surface area contributed by atoms with Crippen molar-refractivity contribution in [2.75, 3.05) is 0 Å². The highest BCUT2D eigenvalue weighted by molar-refractivity contribution is 8.20. The molecule has 9 aliphatic rings. The molecule has 2 aromatic rings. The van der Waals surface area contributed by atoms with E-state index in [2.05, 4.69) is 91.0 Å². The summed E-state index contributed by atoms with van der Waals surface area (Å²) in [4.78, 5) is 0. The van der Waals surface area contributed by atoms with Crippen molar-refractivity contribution in [3.63, 3.8) is 0 Å². The molecule has 0 aromatic heterocycles. The van der Waals surface area contributed by atoms with Crippen LogP contribution in [0.3, 0.4) is 0 Å². The summed E-state index contributed by atoms with van der Waals surface area (Å²) in [7, 11) is 0. The highest BCUT2D eigenvalue weighted by Crippen LogP contribution is 2.91. The number of hydrogen-bond donors (Lipinski definition) is 0. The lowest BCUT2D eigenvalue weighted by molar-refractivity contribution is 0.0508. The number of hydrogen-bond acceptors (Lipinski definition) is 1. The van der Waals surface area contributed by atoms with E-state index in [1.54, 1.807) is 10.9 Å². The maximum atomic E-state index is 7.42. The molecule has 186 valence electrons. The smallest absolute Gasteiger partial charge is 0.0216 e. The molecule has 1 unspecified atom stereocenters. The molecule has 0 nitrogen and oxygen atoms in total.